The van der Waals surface area contributed by atoms with E-state index in [9.17, 15) is 9.59 Å². The van der Waals surface area contributed by atoms with Crippen molar-refractivity contribution in [3.63, 3.8) is 0 Å². The quantitative estimate of drug-likeness (QED) is 0.460. The minimum Gasteiger partial charge on any atom is -0.466 e. The minimum absolute atomic E-state index is 0.0720. The third-order valence-corrected chi connectivity index (χ3v) is 3.91. The molecule has 0 fully saturated rings. The summed E-state index contributed by atoms with van der Waals surface area (Å²) in [7, 11) is 0. The van der Waals surface area contributed by atoms with Crippen molar-refractivity contribution in [2.45, 2.75) is 45.4 Å². The van der Waals surface area contributed by atoms with Crippen LogP contribution in [0.3, 0.4) is 0 Å². The van der Waals surface area contributed by atoms with Gasteiger partial charge in [-0.2, -0.15) is 0 Å². The number of unbranched alkanes of at least 4 members (excludes halogenated alkanes) is 2. The summed E-state index contributed by atoms with van der Waals surface area (Å²) in [4.78, 5) is 23.0. The molecule has 0 spiro atoms. The molecule has 22 heavy (non-hydrogen) atoms. The Morgan fingerprint density at radius 2 is 1.64 bits per heavy atom. The highest BCUT2D eigenvalue weighted by Crippen LogP contribution is 2.16. The van der Waals surface area contributed by atoms with Gasteiger partial charge < -0.3 is 9.47 Å². The Bertz CT molecular complexity index is 473. The lowest BCUT2D eigenvalue weighted by molar-refractivity contribution is -0.150. The minimum atomic E-state index is -0.363. The first-order valence-electron chi connectivity index (χ1n) is 7.68. The zero-order chi connectivity index (χ0) is 16.2. The van der Waals surface area contributed by atoms with Gasteiger partial charge in [-0.05, 0) is 18.1 Å². The van der Waals surface area contributed by atoms with Crippen molar-refractivity contribution >= 4 is 27.9 Å². The molecule has 0 atom stereocenters. The second-order valence-corrected chi connectivity index (χ2v) is 5.84. The molecule has 0 aromatic heterocycles. The van der Waals surface area contributed by atoms with Crippen molar-refractivity contribution in [1.82, 2.24) is 0 Å². The second kappa shape index (κ2) is 11.2. The molecule has 0 radical (unpaired) electrons. The zero-order valence-electron chi connectivity index (χ0n) is 13.0. The summed E-state index contributed by atoms with van der Waals surface area (Å²) in [6, 6.07) is 7.81. The highest BCUT2D eigenvalue weighted by atomic mass is 79.9. The van der Waals surface area contributed by atoms with Crippen LogP contribution in [0.5, 0.6) is 0 Å². The predicted octanol–water partition coefficient (Wildman–Crippen LogP) is 4.05. The molecule has 1 aromatic carbocycles. The van der Waals surface area contributed by atoms with Gasteiger partial charge in [-0.15, -0.1) is 0 Å². The van der Waals surface area contributed by atoms with Gasteiger partial charge >= 0.3 is 11.9 Å². The average Bonchev–Trinajstić information content (AvgIpc) is 2.51. The van der Waals surface area contributed by atoms with Crippen LogP contribution in [-0.4, -0.2) is 25.2 Å². The van der Waals surface area contributed by atoms with Crippen LogP contribution in [0.25, 0.3) is 0 Å². The van der Waals surface area contributed by atoms with Crippen molar-refractivity contribution in [2.24, 2.45) is 0 Å². The van der Waals surface area contributed by atoms with E-state index in [0.29, 0.717) is 19.6 Å². The summed E-state index contributed by atoms with van der Waals surface area (Å²) in [5.74, 6) is -0.698. The topological polar surface area (TPSA) is 52.6 Å². The molecule has 0 aliphatic carbocycles. The number of hydrogen-bond donors (Lipinski definition) is 0. The van der Waals surface area contributed by atoms with E-state index < -0.39 is 0 Å². The molecule has 0 N–H and O–H groups in total. The number of halogens is 1. The summed E-state index contributed by atoms with van der Waals surface area (Å²) in [6.45, 7) is 2.84. The first kappa shape index (κ1) is 18.7. The third kappa shape index (κ3) is 8.17. The lowest BCUT2D eigenvalue weighted by Gasteiger charge is -2.07. The predicted molar refractivity (Wildman–Crippen MR) is 88.5 cm³/mol. The second-order valence-electron chi connectivity index (χ2n) is 4.99. The van der Waals surface area contributed by atoms with E-state index in [1.165, 1.54) is 0 Å². The fourth-order valence-electron chi connectivity index (χ4n) is 1.86. The molecule has 4 nitrogen and oxygen atoms in total. The first-order valence-corrected chi connectivity index (χ1v) is 8.47. The summed E-state index contributed by atoms with van der Waals surface area (Å²) in [5.41, 5.74) is 1.09. The smallest absolute Gasteiger partial charge is 0.306 e. The van der Waals surface area contributed by atoms with Crippen molar-refractivity contribution in [3.05, 3.63) is 34.3 Å². The molecule has 0 unspecified atom stereocenters. The van der Waals surface area contributed by atoms with Crippen LogP contribution in [0.2, 0.25) is 0 Å². The molecule has 5 heteroatoms. The lowest BCUT2D eigenvalue weighted by Crippen LogP contribution is -2.12. The van der Waals surface area contributed by atoms with E-state index >= 15 is 0 Å². The van der Waals surface area contributed by atoms with Crippen molar-refractivity contribution in [2.75, 3.05) is 13.2 Å². The van der Waals surface area contributed by atoms with Crippen LogP contribution in [0.4, 0.5) is 0 Å². The number of hydrogen-bond acceptors (Lipinski definition) is 4. The van der Waals surface area contributed by atoms with E-state index in [2.05, 4.69) is 22.9 Å². The number of carbonyl (C=O) groups is 2. The Hall–Kier alpha value is -1.36. The van der Waals surface area contributed by atoms with Gasteiger partial charge in [0.25, 0.3) is 0 Å². The maximum absolute atomic E-state index is 11.6. The van der Waals surface area contributed by atoms with Crippen LogP contribution in [0.1, 0.15) is 44.6 Å². The molecule has 0 heterocycles. The maximum atomic E-state index is 11.6. The lowest BCUT2D eigenvalue weighted by atomic mass is 10.2. The van der Waals surface area contributed by atoms with Crippen LogP contribution in [0, 0.1) is 0 Å². The van der Waals surface area contributed by atoms with E-state index in [1.54, 1.807) is 0 Å². The SMILES string of the molecule is CCCCCOC(=O)CCC(=O)OCCc1ccccc1Br. The molecule has 1 rings (SSSR count). The van der Waals surface area contributed by atoms with Gasteiger partial charge in [0.2, 0.25) is 0 Å². The number of rotatable bonds is 10. The summed E-state index contributed by atoms with van der Waals surface area (Å²) >= 11 is 3.45. The number of esters is 2. The Morgan fingerprint density at radius 1 is 1.00 bits per heavy atom. The molecule has 0 saturated carbocycles. The third-order valence-electron chi connectivity index (χ3n) is 3.14. The van der Waals surface area contributed by atoms with Crippen molar-refractivity contribution in [3.8, 4) is 0 Å². The Labute approximate surface area is 140 Å². The van der Waals surface area contributed by atoms with Gasteiger partial charge in [-0.3, -0.25) is 9.59 Å². The van der Waals surface area contributed by atoms with Gasteiger partial charge in [0.15, 0.2) is 0 Å². The molecular weight excluding hydrogens is 348 g/mol. The Balaban J connectivity index is 2.11. The Kier molecular flexibility index (Phi) is 9.55. The zero-order valence-corrected chi connectivity index (χ0v) is 14.6. The van der Waals surface area contributed by atoms with Crippen LogP contribution in [0.15, 0.2) is 28.7 Å². The van der Waals surface area contributed by atoms with Gasteiger partial charge in [-0.25, -0.2) is 0 Å². The van der Waals surface area contributed by atoms with E-state index in [4.69, 9.17) is 9.47 Å². The fourth-order valence-corrected chi connectivity index (χ4v) is 2.35. The molecular formula is C17H23BrO4. The van der Waals surface area contributed by atoms with E-state index in [-0.39, 0.29) is 24.8 Å². The van der Waals surface area contributed by atoms with Crippen molar-refractivity contribution in [1.29, 1.82) is 0 Å². The van der Waals surface area contributed by atoms with Gasteiger partial charge in [0.1, 0.15) is 0 Å². The summed E-state index contributed by atoms with van der Waals surface area (Å²) < 4.78 is 11.2. The molecule has 0 saturated heterocycles. The molecule has 122 valence electrons. The van der Waals surface area contributed by atoms with Gasteiger partial charge in [-0.1, -0.05) is 53.9 Å². The number of benzene rings is 1. The highest BCUT2D eigenvalue weighted by Gasteiger charge is 2.09. The van der Waals surface area contributed by atoms with Crippen LogP contribution in [-0.2, 0) is 25.5 Å². The van der Waals surface area contributed by atoms with Gasteiger partial charge in [0, 0.05) is 10.9 Å². The average molecular weight is 371 g/mol. The number of carbonyl (C=O) groups excluding carboxylic acids is 2. The molecule has 0 amide bonds. The van der Waals surface area contributed by atoms with Crippen molar-refractivity contribution < 1.29 is 19.1 Å². The van der Waals surface area contributed by atoms with E-state index in [1.807, 2.05) is 24.3 Å². The standard InChI is InChI=1S/C17H23BrO4/c1-2-3-6-12-21-16(19)9-10-17(20)22-13-11-14-7-4-5-8-15(14)18/h4-5,7-8H,2-3,6,9-13H2,1H3. The molecule has 1 aromatic rings. The Morgan fingerprint density at radius 3 is 2.27 bits per heavy atom. The molecule has 0 aliphatic heterocycles. The number of ether oxygens (including phenoxy) is 2. The molecule has 0 aliphatic rings. The normalized spacial score (nSPS) is 10.3. The largest absolute Gasteiger partial charge is 0.466 e. The van der Waals surface area contributed by atoms with E-state index in [0.717, 1.165) is 29.3 Å². The maximum Gasteiger partial charge on any atom is 0.306 e. The van der Waals surface area contributed by atoms with Crippen LogP contribution < -0.4 is 0 Å². The summed E-state index contributed by atoms with van der Waals surface area (Å²) in [6.07, 6.45) is 3.81. The van der Waals surface area contributed by atoms with Gasteiger partial charge in [0.05, 0.1) is 26.1 Å². The monoisotopic (exact) mass is 370 g/mol. The molecule has 0 bridgehead atoms. The fraction of sp³-hybridized carbons (Fsp3) is 0.529. The first-order chi connectivity index (χ1) is 10.6. The van der Waals surface area contributed by atoms with Crippen LogP contribution >= 0.6 is 15.9 Å². The highest BCUT2D eigenvalue weighted by molar-refractivity contribution is 9.10. The summed E-state index contributed by atoms with van der Waals surface area (Å²) in [5, 5.41) is 0.